The second kappa shape index (κ2) is 4.21. The largest absolute Gasteiger partial charge is 0.328 e. The van der Waals surface area contributed by atoms with Gasteiger partial charge in [-0.3, -0.25) is 4.79 Å². The monoisotopic (exact) mass is 241 g/mol. The fraction of sp³-hybridized carbons (Fsp3) is 0.250. The molecule has 13 heavy (non-hydrogen) atoms. The van der Waals surface area contributed by atoms with Gasteiger partial charge in [0, 0.05) is 12.2 Å². The number of aromatic amines is 1. The van der Waals surface area contributed by atoms with Crippen molar-refractivity contribution < 1.29 is 0 Å². The highest BCUT2D eigenvalue weighted by molar-refractivity contribution is 9.10. The lowest BCUT2D eigenvalue weighted by atomic mass is 10.1. The fourth-order valence-corrected chi connectivity index (χ4v) is 1.28. The van der Waals surface area contributed by atoms with Crippen LogP contribution in [0.25, 0.3) is 0 Å². The Hall–Kier alpha value is -1.12. The highest BCUT2D eigenvalue weighted by Gasteiger charge is 2.06. The lowest BCUT2D eigenvalue weighted by Crippen LogP contribution is -2.13. The molecule has 1 aromatic rings. The maximum Gasteiger partial charge on any atom is 0.262 e. The SMILES string of the molecule is N#CCC(N)c1c[nH]c(=O)c(Br)c1. The van der Waals surface area contributed by atoms with Gasteiger partial charge in [0.2, 0.25) is 0 Å². The Bertz CT molecular complexity index is 393. The number of halogens is 1. The van der Waals surface area contributed by atoms with Crippen LogP contribution < -0.4 is 11.3 Å². The third-order valence-corrected chi connectivity index (χ3v) is 2.21. The zero-order chi connectivity index (χ0) is 9.84. The second-order valence-corrected chi connectivity index (χ2v) is 3.43. The first-order valence-electron chi connectivity index (χ1n) is 3.66. The number of nitrogens with one attached hydrogen (secondary N) is 1. The molecular weight excluding hydrogens is 234 g/mol. The van der Waals surface area contributed by atoms with E-state index in [1.807, 2.05) is 6.07 Å². The molecule has 0 aliphatic carbocycles. The fourth-order valence-electron chi connectivity index (χ4n) is 0.902. The van der Waals surface area contributed by atoms with Crippen LogP contribution in [-0.2, 0) is 0 Å². The molecule has 3 N–H and O–H groups in total. The van der Waals surface area contributed by atoms with E-state index in [-0.39, 0.29) is 18.0 Å². The number of aromatic nitrogens is 1. The van der Waals surface area contributed by atoms with Crippen LogP contribution in [0.2, 0.25) is 0 Å². The van der Waals surface area contributed by atoms with Crippen LogP contribution in [-0.4, -0.2) is 4.98 Å². The number of hydrogen-bond donors (Lipinski definition) is 2. The Morgan fingerprint density at radius 3 is 3.00 bits per heavy atom. The summed E-state index contributed by atoms with van der Waals surface area (Å²) in [5, 5.41) is 8.41. The molecule has 0 amide bonds. The Morgan fingerprint density at radius 1 is 1.77 bits per heavy atom. The summed E-state index contributed by atoms with van der Waals surface area (Å²) in [7, 11) is 0. The molecule has 0 bridgehead atoms. The average Bonchev–Trinajstić information content (AvgIpc) is 2.10. The van der Waals surface area contributed by atoms with E-state index in [1.165, 1.54) is 6.20 Å². The number of rotatable bonds is 2. The minimum Gasteiger partial charge on any atom is -0.328 e. The second-order valence-electron chi connectivity index (χ2n) is 2.58. The van der Waals surface area contributed by atoms with Crippen molar-refractivity contribution in [1.82, 2.24) is 4.98 Å². The molecule has 5 heteroatoms. The van der Waals surface area contributed by atoms with Gasteiger partial charge in [-0.25, -0.2) is 0 Å². The van der Waals surface area contributed by atoms with Crippen LogP contribution in [0.1, 0.15) is 18.0 Å². The topological polar surface area (TPSA) is 82.7 Å². The van der Waals surface area contributed by atoms with Crippen molar-refractivity contribution in [2.24, 2.45) is 5.73 Å². The molecule has 68 valence electrons. The molecule has 0 aliphatic rings. The van der Waals surface area contributed by atoms with E-state index in [9.17, 15) is 4.79 Å². The first kappa shape index (κ1) is 9.96. The van der Waals surface area contributed by atoms with Crippen LogP contribution in [0.4, 0.5) is 0 Å². The van der Waals surface area contributed by atoms with E-state index in [0.717, 1.165) is 5.56 Å². The molecule has 0 saturated heterocycles. The number of nitrogens with zero attached hydrogens (tertiary/aromatic N) is 1. The first-order valence-corrected chi connectivity index (χ1v) is 4.45. The Labute approximate surface area is 83.5 Å². The molecule has 0 aromatic carbocycles. The molecule has 0 radical (unpaired) electrons. The molecule has 1 atom stereocenters. The van der Waals surface area contributed by atoms with Gasteiger partial charge < -0.3 is 10.7 Å². The standard InChI is InChI=1S/C8H8BrN3O/c9-6-3-5(4-12-8(6)13)7(11)1-2-10/h3-4,7H,1,11H2,(H,12,13). The molecule has 1 heterocycles. The van der Waals surface area contributed by atoms with Gasteiger partial charge in [-0.1, -0.05) is 0 Å². The number of nitriles is 1. The van der Waals surface area contributed by atoms with Crippen molar-refractivity contribution in [1.29, 1.82) is 5.26 Å². The van der Waals surface area contributed by atoms with E-state index in [1.54, 1.807) is 6.07 Å². The third kappa shape index (κ3) is 2.41. The van der Waals surface area contributed by atoms with Gasteiger partial charge in [-0.05, 0) is 27.6 Å². The molecule has 1 aromatic heterocycles. The number of nitrogens with two attached hydrogens (primary N) is 1. The van der Waals surface area contributed by atoms with Crippen molar-refractivity contribution >= 4 is 15.9 Å². The minimum absolute atomic E-state index is 0.201. The van der Waals surface area contributed by atoms with Gasteiger partial charge in [0.05, 0.1) is 17.0 Å². The van der Waals surface area contributed by atoms with E-state index >= 15 is 0 Å². The average molecular weight is 242 g/mol. The van der Waals surface area contributed by atoms with Crippen LogP contribution in [0.3, 0.4) is 0 Å². The summed E-state index contributed by atoms with van der Waals surface area (Å²) in [6, 6.07) is 3.24. The van der Waals surface area contributed by atoms with Gasteiger partial charge in [0.25, 0.3) is 5.56 Å². The number of hydrogen-bond acceptors (Lipinski definition) is 3. The number of pyridine rings is 1. The first-order chi connectivity index (χ1) is 6.15. The molecule has 0 fully saturated rings. The van der Waals surface area contributed by atoms with E-state index < -0.39 is 0 Å². The molecule has 1 unspecified atom stereocenters. The lowest BCUT2D eigenvalue weighted by Gasteiger charge is -2.06. The van der Waals surface area contributed by atoms with Gasteiger partial charge in [0.1, 0.15) is 0 Å². The minimum atomic E-state index is -0.349. The molecule has 0 aliphatic heterocycles. The van der Waals surface area contributed by atoms with Gasteiger partial charge in [-0.2, -0.15) is 5.26 Å². The van der Waals surface area contributed by atoms with Crippen molar-refractivity contribution in [3.8, 4) is 6.07 Å². The third-order valence-electron chi connectivity index (χ3n) is 1.62. The van der Waals surface area contributed by atoms with Gasteiger partial charge in [0.15, 0.2) is 0 Å². The van der Waals surface area contributed by atoms with Crippen molar-refractivity contribution in [3.63, 3.8) is 0 Å². The summed E-state index contributed by atoms with van der Waals surface area (Å²) < 4.78 is 0.429. The molecule has 4 nitrogen and oxygen atoms in total. The summed E-state index contributed by atoms with van der Waals surface area (Å²) in [5.74, 6) is 0. The van der Waals surface area contributed by atoms with Crippen LogP contribution >= 0.6 is 15.9 Å². The van der Waals surface area contributed by atoms with Crippen LogP contribution in [0.5, 0.6) is 0 Å². The van der Waals surface area contributed by atoms with Crippen LogP contribution in [0, 0.1) is 11.3 Å². The van der Waals surface area contributed by atoms with Crippen molar-refractivity contribution in [3.05, 3.63) is 32.7 Å². The molecule has 0 spiro atoms. The Balaban J connectivity index is 2.98. The summed E-state index contributed by atoms with van der Waals surface area (Å²) in [5.41, 5.74) is 6.20. The maximum atomic E-state index is 10.9. The zero-order valence-electron chi connectivity index (χ0n) is 6.75. The Morgan fingerprint density at radius 2 is 2.46 bits per heavy atom. The zero-order valence-corrected chi connectivity index (χ0v) is 8.34. The molecular formula is C8H8BrN3O. The molecule has 1 rings (SSSR count). The van der Waals surface area contributed by atoms with Crippen molar-refractivity contribution in [2.45, 2.75) is 12.5 Å². The highest BCUT2D eigenvalue weighted by atomic mass is 79.9. The maximum absolute atomic E-state index is 10.9. The summed E-state index contributed by atoms with van der Waals surface area (Å²) in [6.45, 7) is 0. The smallest absolute Gasteiger partial charge is 0.262 e. The summed E-state index contributed by atoms with van der Waals surface area (Å²) >= 11 is 3.08. The Kier molecular flexibility index (Phi) is 3.23. The van der Waals surface area contributed by atoms with E-state index in [4.69, 9.17) is 11.0 Å². The predicted octanol–water partition coefficient (Wildman–Crippen LogP) is 1.05. The lowest BCUT2D eigenvalue weighted by molar-refractivity contribution is 0.742. The van der Waals surface area contributed by atoms with E-state index in [2.05, 4.69) is 20.9 Å². The van der Waals surface area contributed by atoms with Crippen molar-refractivity contribution in [2.75, 3.05) is 0 Å². The van der Waals surface area contributed by atoms with Gasteiger partial charge in [-0.15, -0.1) is 0 Å². The summed E-state index contributed by atoms with van der Waals surface area (Å²) in [6.07, 6.45) is 1.76. The normalized spacial score (nSPS) is 12.1. The predicted molar refractivity (Wildman–Crippen MR) is 51.9 cm³/mol. The van der Waals surface area contributed by atoms with Gasteiger partial charge >= 0.3 is 0 Å². The molecule has 0 saturated carbocycles. The van der Waals surface area contributed by atoms with E-state index in [0.29, 0.717) is 4.47 Å². The van der Waals surface area contributed by atoms with Crippen LogP contribution in [0.15, 0.2) is 21.5 Å². The number of H-pyrrole nitrogens is 1. The highest BCUT2D eigenvalue weighted by Crippen LogP contribution is 2.14. The summed E-state index contributed by atoms with van der Waals surface area (Å²) in [4.78, 5) is 13.5. The quantitative estimate of drug-likeness (QED) is 0.813.